The average molecular weight is 158 g/mol. The Morgan fingerprint density at radius 1 is 1.20 bits per heavy atom. The third-order valence-electron chi connectivity index (χ3n) is 1.08. The van der Waals surface area contributed by atoms with Gasteiger partial charge in [0, 0.05) is 5.75 Å². The number of hydrogen-bond acceptors (Lipinski definition) is 2. The highest BCUT2D eigenvalue weighted by molar-refractivity contribution is 8.15. The van der Waals surface area contributed by atoms with Gasteiger partial charge in [-0.2, -0.15) is 0 Å². The Bertz CT molecular complexity index is 155. The summed E-state index contributed by atoms with van der Waals surface area (Å²) in [5.41, 5.74) is 0.366. The number of nitrogens with zero attached hydrogens (tertiary/aromatic N) is 2. The molecular formula is C7H14N2S. The van der Waals surface area contributed by atoms with Gasteiger partial charge in [-0.3, -0.25) is 0 Å². The van der Waals surface area contributed by atoms with Gasteiger partial charge in [0.25, 0.3) is 0 Å². The first kappa shape index (κ1) is 7.79. The summed E-state index contributed by atoms with van der Waals surface area (Å²) in [6.45, 7) is 6.66. The molecule has 2 nitrogen and oxygen atoms in total. The quantitative estimate of drug-likeness (QED) is 0.565. The molecule has 0 atom stereocenters. The highest BCUT2D eigenvalue weighted by atomic mass is 32.2. The van der Waals surface area contributed by atoms with Crippen molar-refractivity contribution in [3.63, 3.8) is 0 Å². The van der Waals surface area contributed by atoms with E-state index in [0.29, 0.717) is 5.41 Å². The average Bonchev–Trinajstić information content (AvgIpc) is 2.12. The molecule has 1 aliphatic rings. The van der Waals surface area contributed by atoms with Crippen molar-refractivity contribution in [2.24, 2.45) is 14.2 Å². The maximum absolute atomic E-state index is 4.24. The predicted octanol–water partition coefficient (Wildman–Crippen LogP) is 2.02. The van der Waals surface area contributed by atoms with Crippen LogP contribution < -0.4 is 0 Å². The highest BCUT2D eigenvalue weighted by Crippen LogP contribution is 2.36. The van der Waals surface area contributed by atoms with Crippen molar-refractivity contribution >= 4 is 23.7 Å². The fourth-order valence-corrected chi connectivity index (χ4v) is 2.25. The summed E-state index contributed by atoms with van der Waals surface area (Å²) in [6, 6.07) is 0. The highest BCUT2D eigenvalue weighted by Gasteiger charge is 2.14. The van der Waals surface area contributed by atoms with Gasteiger partial charge < -0.3 is 0 Å². The molecular weight excluding hydrogens is 144 g/mol. The summed E-state index contributed by atoms with van der Waals surface area (Å²) in [5.74, 6) is 1.11. The van der Waals surface area contributed by atoms with Crippen LogP contribution in [0.4, 0.5) is 0 Å². The van der Waals surface area contributed by atoms with Gasteiger partial charge in [0.2, 0.25) is 0 Å². The normalized spacial score (nSPS) is 20.5. The zero-order chi connectivity index (χ0) is 7.61. The van der Waals surface area contributed by atoms with Gasteiger partial charge in [-0.05, 0) is 5.41 Å². The zero-order valence-electron chi connectivity index (χ0n) is 6.70. The summed E-state index contributed by atoms with van der Waals surface area (Å²) in [6.07, 6.45) is 3.61. The molecule has 0 unspecified atom stereocenters. The summed E-state index contributed by atoms with van der Waals surface area (Å²) in [4.78, 5) is 0. The summed E-state index contributed by atoms with van der Waals surface area (Å²) < 4.78 is 8.48. The second-order valence-corrected chi connectivity index (χ2v) is 5.14. The van der Waals surface area contributed by atoms with Crippen molar-refractivity contribution in [3.05, 3.63) is 0 Å². The van der Waals surface area contributed by atoms with Crippen LogP contribution in [0, 0.1) is 5.41 Å². The Morgan fingerprint density at radius 3 is 2.10 bits per heavy atom. The van der Waals surface area contributed by atoms with Crippen LogP contribution in [0.3, 0.4) is 0 Å². The monoisotopic (exact) mass is 158 g/mol. The lowest BCUT2D eigenvalue weighted by Crippen LogP contribution is -2.09. The third-order valence-corrected chi connectivity index (χ3v) is 3.11. The summed E-state index contributed by atoms with van der Waals surface area (Å²) in [7, 11) is 0. The third kappa shape index (κ3) is 2.52. The number of rotatable bonds is 1. The smallest absolute Gasteiger partial charge is 0.0538 e. The molecule has 0 saturated heterocycles. The molecule has 0 bridgehead atoms. The first-order valence-electron chi connectivity index (χ1n) is 3.42. The first-order valence-corrected chi connectivity index (χ1v) is 4.85. The molecule has 0 aliphatic carbocycles. The van der Waals surface area contributed by atoms with Crippen LogP contribution in [0.5, 0.6) is 0 Å². The van der Waals surface area contributed by atoms with Crippen LogP contribution in [0.25, 0.3) is 0 Å². The SMILES string of the molecule is CC(C)(C)C[SH]1N=CC=N1. The maximum atomic E-state index is 4.24. The van der Waals surface area contributed by atoms with Gasteiger partial charge in [-0.15, -0.1) is 0 Å². The van der Waals surface area contributed by atoms with E-state index >= 15 is 0 Å². The van der Waals surface area contributed by atoms with Crippen LogP contribution >= 0.6 is 11.3 Å². The van der Waals surface area contributed by atoms with Crippen LogP contribution in [0.2, 0.25) is 0 Å². The van der Waals surface area contributed by atoms with E-state index in [9.17, 15) is 0 Å². The van der Waals surface area contributed by atoms with Crippen molar-refractivity contribution in [1.82, 2.24) is 0 Å². The van der Waals surface area contributed by atoms with Gasteiger partial charge in [-0.25, -0.2) is 8.80 Å². The van der Waals surface area contributed by atoms with Crippen molar-refractivity contribution in [2.75, 3.05) is 5.75 Å². The van der Waals surface area contributed by atoms with Crippen LogP contribution in [-0.4, -0.2) is 18.2 Å². The molecule has 0 amide bonds. The molecule has 58 valence electrons. The second-order valence-electron chi connectivity index (χ2n) is 3.62. The van der Waals surface area contributed by atoms with Crippen LogP contribution in [0.1, 0.15) is 20.8 Å². The number of thiol groups is 1. The Kier molecular flexibility index (Phi) is 2.14. The van der Waals surface area contributed by atoms with E-state index in [1.54, 1.807) is 12.4 Å². The van der Waals surface area contributed by atoms with Crippen molar-refractivity contribution in [1.29, 1.82) is 0 Å². The summed E-state index contributed by atoms with van der Waals surface area (Å²) in [5, 5.41) is 0. The van der Waals surface area contributed by atoms with Gasteiger partial charge in [0.1, 0.15) is 0 Å². The van der Waals surface area contributed by atoms with Crippen molar-refractivity contribution < 1.29 is 0 Å². The number of hydrogen-bond donors (Lipinski definition) is 1. The van der Waals surface area contributed by atoms with Crippen molar-refractivity contribution in [3.8, 4) is 0 Å². The lowest BCUT2D eigenvalue weighted by Gasteiger charge is -2.21. The van der Waals surface area contributed by atoms with Crippen molar-refractivity contribution in [2.45, 2.75) is 20.8 Å². The van der Waals surface area contributed by atoms with Gasteiger partial charge in [0.05, 0.1) is 12.4 Å². The topological polar surface area (TPSA) is 24.7 Å². The Balaban J connectivity index is 2.40. The molecule has 0 fully saturated rings. The molecule has 3 heteroatoms. The molecule has 1 aliphatic heterocycles. The molecule has 0 N–H and O–H groups in total. The molecule has 1 rings (SSSR count). The van der Waals surface area contributed by atoms with E-state index < -0.39 is 11.3 Å². The minimum absolute atomic E-state index is 0.366. The lowest BCUT2D eigenvalue weighted by molar-refractivity contribution is 0.479. The molecule has 0 saturated carbocycles. The Morgan fingerprint density at radius 2 is 1.70 bits per heavy atom. The molecule has 0 spiro atoms. The van der Waals surface area contributed by atoms with E-state index in [1.807, 2.05) is 0 Å². The minimum atomic E-state index is -0.394. The Hall–Kier alpha value is -0.310. The second kappa shape index (κ2) is 2.74. The fourth-order valence-electron chi connectivity index (χ4n) is 0.749. The zero-order valence-corrected chi connectivity index (χ0v) is 7.60. The van der Waals surface area contributed by atoms with Gasteiger partial charge >= 0.3 is 0 Å². The van der Waals surface area contributed by atoms with Gasteiger partial charge in [0.15, 0.2) is 0 Å². The van der Waals surface area contributed by atoms with E-state index in [0.717, 1.165) is 5.75 Å². The predicted molar refractivity (Wildman–Crippen MR) is 50.3 cm³/mol. The van der Waals surface area contributed by atoms with Gasteiger partial charge in [-0.1, -0.05) is 32.0 Å². The largest absolute Gasteiger partial charge is 0.227 e. The van der Waals surface area contributed by atoms with E-state index in [1.165, 1.54) is 0 Å². The molecule has 0 aromatic heterocycles. The van der Waals surface area contributed by atoms with E-state index in [-0.39, 0.29) is 0 Å². The maximum Gasteiger partial charge on any atom is 0.0538 e. The lowest BCUT2D eigenvalue weighted by atomic mass is 10.0. The molecule has 0 aromatic carbocycles. The fraction of sp³-hybridized carbons (Fsp3) is 0.714. The molecule has 0 radical (unpaired) electrons. The van der Waals surface area contributed by atoms with Crippen LogP contribution in [0.15, 0.2) is 8.80 Å². The molecule has 10 heavy (non-hydrogen) atoms. The first-order chi connectivity index (χ1) is 4.58. The van der Waals surface area contributed by atoms with E-state index in [4.69, 9.17) is 0 Å². The standard InChI is InChI=1S/C7H14N2S/c1-7(2,3)6-10-8-4-5-9-10/h4-5,10H,6H2,1-3H3. The molecule has 0 aromatic rings. The van der Waals surface area contributed by atoms with E-state index in [2.05, 4.69) is 29.6 Å². The summed E-state index contributed by atoms with van der Waals surface area (Å²) >= 11 is -0.394. The minimum Gasteiger partial charge on any atom is -0.227 e. The molecule has 1 heterocycles. The Labute approximate surface area is 65.1 Å². The van der Waals surface area contributed by atoms with Crippen LogP contribution in [-0.2, 0) is 0 Å².